The number of hydrogen-bond donors (Lipinski definition) is 2. The Balaban J connectivity index is 2.09. The van der Waals surface area contributed by atoms with E-state index < -0.39 is 0 Å². The summed E-state index contributed by atoms with van der Waals surface area (Å²) in [5.41, 5.74) is 7.99. The minimum Gasteiger partial charge on any atom is -0.398 e. The summed E-state index contributed by atoms with van der Waals surface area (Å²) in [4.78, 5) is 12.2. The highest BCUT2D eigenvalue weighted by Gasteiger charge is 2.42. The molecule has 0 aromatic heterocycles. The number of nitrogens with two attached hydrogens (primary N) is 1. The van der Waals surface area contributed by atoms with Crippen LogP contribution in [0.3, 0.4) is 0 Å². The average Bonchev–Trinajstić information content (AvgIpc) is 3.11. The van der Waals surface area contributed by atoms with Crippen LogP contribution in [0.15, 0.2) is 16.6 Å². The van der Waals surface area contributed by atoms with E-state index in [-0.39, 0.29) is 10.7 Å². The molecule has 0 unspecified atom stereocenters. The molecule has 0 heterocycles. The van der Waals surface area contributed by atoms with Gasteiger partial charge in [0.05, 0.1) is 0 Å². The first-order valence-corrected chi connectivity index (χ1v) is 7.88. The number of nitrogens with one attached hydrogen (secondary N) is 1. The van der Waals surface area contributed by atoms with Gasteiger partial charge in [-0.15, -0.1) is 0 Å². The number of rotatable bonds is 4. The fraction of sp³-hybridized carbons (Fsp3) is 0.462. The van der Waals surface area contributed by atoms with E-state index in [0.29, 0.717) is 11.3 Å². The number of nitrogen functional groups attached to an aromatic ring is 1. The minimum atomic E-state index is -0.0409. The molecule has 1 aliphatic carbocycles. The minimum absolute atomic E-state index is 0.0409. The van der Waals surface area contributed by atoms with Gasteiger partial charge in [0.15, 0.2) is 0 Å². The molecule has 18 heavy (non-hydrogen) atoms. The van der Waals surface area contributed by atoms with Gasteiger partial charge in [-0.1, -0.05) is 15.9 Å². The monoisotopic (exact) mass is 328 g/mol. The number of hydrogen-bond acceptors (Lipinski definition) is 3. The molecular formula is C13H17BrN2OS. The quantitative estimate of drug-likeness (QED) is 0.835. The molecule has 0 atom stereocenters. The maximum absolute atomic E-state index is 12.2. The lowest BCUT2D eigenvalue weighted by Gasteiger charge is -2.15. The van der Waals surface area contributed by atoms with Gasteiger partial charge in [0.2, 0.25) is 0 Å². The Hall–Kier alpha value is -0.680. The first-order chi connectivity index (χ1) is 8.47. The second kappa shape index (κ2) is 5.13. The van der Waals surface area contributed by atoms with Gasteiger partial charge in [-0.05, 0) is 43.7 Å². The number of carbonyl (C=O) groups is 1. The van der Waals surface area contributed by atoms with Crippen LogP contribution in [0.25, 0.3) is 0 Å². The lowest BCUT2D eigenvalue weighted by molar-refractivity contribution is 0.0952. The van der Waals surface area contributed by atoms with Crippen LogP contribution in [-0.4, -0.2) is 23.5 Å². The number of benzene rings is 1. The molecule has 0 bridgehead atoms. The van der Waals surface area contributed by atoms with Crippen molar-refractivity contribution in [2.45, 2.75) is 24.5 Å². The van der Waals surface area contributed by atoms with Crippen LogP contribution in [0, 0.1) is 6.92 Å². The number of carbonyl (C=O) groups excluding carboxylic acids is 1. The van der Waals surface area contributed by atoms with Gasteiger partial charge in [0.25, 0.3) is 5.91 Å². The zero-order chi connectivity index (χ0) is 13.3. The third kappa shape index (κ3) is 2.83. The molecule has 3 N–H and O–H groups in total. The van der Waals surface area contributed by atoms with Crippen molar-refractivity contribution < 1.29 is 4.79 Å². The molecule has 98 valence electrons. The van der Waals surface area contributed by atoms with Crippen LogP contribution < -0.4 is 11.1 Å². The first-order valence-electron chi connectivity index (χ1n) is 5.86. The summed E-state index contributed by atoms with van der Waals surface area (Å²) >= 11 is 5.21. The Kier molecular flexibility index (Phi) is 3.92. The average molecular weight is 329 g/mol. The molecule has 1 aromatic rings. The molecule has 0 saturated heterocycles. The Bertz CT molecular complexity index is 486. The van der Waals surface area contributed by atoms with Crippen LogP contribution >= 0.6 is 27.7 Å². The van der Waals surface area contributed by atoms with Gasteiger partial charge in [-0.2, -0.15) is 11.8 Å². The SMILES string of the molecule is CSC1(CNC(=O)c2cc(Br)cc(N)c2C)CC1. The van der Waals surface area contributed by atoms with E-state index in [4.69, 9.17) is 5.73 Å². The zero-order valence-electron chi connectivity index (χ0n) is 10.5. The van der Waals surface area contributed by atoms with E-state index >= 15 is 0 Å². The van der Waals surface area contributed by atoms with Crippen LogP contribution in [0.4, 0.5) is 5.69 Å². The smallest absolute Gasteiger partial charge is 0.251 e. The van der Waals surface area contributed by atoms with Crippen molar-refractivity contribution in [2.24, 2.45) is 0 Å². The fourth-order valence-electron chi connectivity index (χ4n) is 1.87. The zero-order valence-corrected chi connectivity index (χ0v) is 13.0. The Morgan fingerprint density at radius 3 is 2.78 bits per heavy atom. The predicted molar refractivity (Wildman–Crippen MR) is 81.1 cm³/mol. The van der Waals surface area contributed by atoms with E-state index in [1.165, 1.54) is 12.8 Å². The van der Waals surface area contributed by atoms with E-state index in [1.54, 1.807) is 0 Å². The van der Waals surface area contributed by atoms with Crippen LogP contribution in [0.2, 0.25) is 0 Å². The van der Waals surface area contributed by atoms with Crippen LogP contribution in [-0.2, 0) is 0 Å². The van der Waals surface area contributed by atoms with Crippen molar-refractivity contribution in [2.75, 3.05) is 18.5 Å². The molecular weight excluding hydrogens is 312 g/mol. The summed E-state index contributed by atoms with van der Waals surface area (Å²) in [6, 6.07) is 3.63. The van der Waals surface area contributed by atoms with Crippen molar-refractivity contribution in [1.29, 1.82) is 0 Å². The number of anilines is 1. The van der Waals surface area contributed by atoms with Crippen molar-refractivity contribution in [3.63, 3.8) is 0 Å². The number of halogens is 1. The highest BCUT2D eigenvalue weighted by Crippen LogP contribution is 2.46. The second-order valence-electron chi connectivity index (χ2n) is 4.74. The summed E-state index contributed by atoms with van der Waals surface area (Å²) in [7, 11) is 0. The van der Waals surface area contributed by atoms with Gasteiger partial charge < -0.3 is 11.1 Å². The first kappa shape index (κ1) is 13.7. The highest BCUT2D eigenvalue weighted by molar-refractivity contribution is 9.10. The maximum atomic E-state index is 12.2. The summed E-state index contributed by atoms with van der Waals surface area (Å²) in [5, 5.41) is 3.01. The Morgan fingerprint density at radius 1 is 1.56 bits per heavy atom. The predicted octanol–water partition coefficient (Wildman–Crippen LogP) is 2.97. The summed E-state index contributed by atoms with van der Waals surface area (Å²) in [6.45, 7) is 2.61. The Labute approximate surface area is 120 Å². The topological polar surface area (TPSA) is 55.1 Å². The van der Waals surface area contributed by atoms with Crippen molar-refractivity contribution in [3.05, 3.63) is 27.7 Å². The third-order valence-electron chi connectivity index (χ3n) is 3.47. The number of thioether (sulfide) groups is 1. The number of amides is 1. The molecule has 1 fully saturated rings. The summed E-state index contributed by atoms with van der Waals surface area (Å²) < 4.78 is 1.11. The Morgan fingerprint density at radius 2 is 2.22 bits per heavy atom. The van der Waals surface area contributed by atoms with Gasteiger partial charge >= 0.3 is 0 Å². The standard InChI is InChI=1S/C13H17BrN2OS/c1-8-10(5-9(14)6-11(8)15)12(17)16-7-13(18-2)3-4-13/h5-6H,3-4,7,15H2,1-2H3,(H,16,17). The van der Waals surface area contributed by atoms with Gasteiger partial charge in [0.1, 0.15) is 0 Å². The van der Waals surface area contributed by atoms with Crippen molar-refractivity contribution >= 4 is 39.3 Å². The van der Waals surface area contributed by atoms with E-state index in [2.05, 4.69) is 27.5 Å². The van der Waals surface area contributed by atoms with E-state index in [9.17, 15) is 4.79 Å². The maximum Gasteiger partial charge on any atom is 0.251 e. The van der Waals surface area contributed by atoms with Crippen LogP contribution in [0.1, 0.15) is 28.8 Å². The lowest BCUT2D eigenvalue weighted by atomic mass is 10.1. The van der Waals surface area contributed by atoms with Crippen molar-refractivity contribution in [3.8, 4) is 0 Å². The molecule has 0 spiro atoms. The molecule has 0 aliphatic heterocycles. The largest absolute Gasteiger partial charge is 0.398 e. The van der Waals surface area contributed by atoms with Crippen LogP contribution in [0.5, 0.6) is 0 Å². The molecule has 1 amide bonds. The molecule has 5 heteroatoms. The van der Waals surface area contributed by atoms with Gasteiger partial charge in [0, 0.05) is 27.0 Å². The molecule has 1 saturated carbocycles. The molecule has 1 aromatic carbocycles. The van der Waals surface area contributed by atoms with E-state index in [1.807, 2.05) is 30.8 Å². The fourth-order valence-corrected chi connectivity index (χ4v) is 3.07. The van der Waals surface area contributed by atoms with E-state index in [0.717, 1.165) is 16.6 Å². The lowest BCUT2D eigenvalue weighted by Crippen LogP contribution is -2.32. The second-order valence-corrected chi connectivity index (χ2v) is 6.93. The highest BCUT2D eigenvalue weighted by atomic mass is 79.9. The molecule has 0 radical (unpaired) electrons. The molecule has 3 nitrogen and oxygen atoms in total. The van der Waals surface area contributed by atoms with Gasteiger partial charge in [-0.3, -0.25) is 4.79 Å². The summed E-state index contributed by atoms with van der Waals surface area (Å²) in [6.07, 6.45) is 4.48. The van der Waals surface area contributed by atoms with Crippen molar-refractivity contribution in [1.82, 2.24) is 5.32 Å². The molecule has 1 aliphatic rings. The third-order valence-corrected chi connectivity index (χ3v) is 5.35. The normalized spacial score (nSPS) is 16.4. The molecule has 2 rings (SSSR count). The van der Waals surface area contributed by atoms with Gasteiger partial charge in [-0.25, -0.2) is 0 Å². The summed E-state index contributed by atoms with van der Waals surface area (Å²) in [5.74, 6) is -0.0409.